The van der Waals surface area contributed by atoms with Crippen molar-refractivity contribution in [2.75, 3.05) is 13.1 Å². The zero-order valence-corrected chi connectivity index (χ0v) is 10.9. The molecule has 0 aromatic carbocycles. The van der Waals surface area contributed by atoms with Crippen LogP contribution in [-0.4, -0.2) is 41.9 Å². The van der Waals surface area contributed by atoms with Crippen molar-refractivity contribution >= 4 is 12.4 Å². The molecule has 0 saturated carbocycles. The number of carbonyl (C=O) groups is 2. The van der Waals surface area contributed by atoms with Crippen LogP contribution in [0.4, 0.5) is 13.6 Å². The van der Waals surface area contributed by atoms with Crippen LogP contribution in [0.15, 0.2) is 0 Å². The number of aldehydes is 1. The van der Waals surface area contributed by atoms with Gasteiger partial charge >= 0.3 is 12.0 Å². The molecule has 1 amide bonds. The normalized spacial score (nSPS) is 21.6. The number of nitrogens with zero attached hydrogens (tertiary/aromatic N) is 1. The van der Waals surface area contributed by atoms with Gasteiger partial charge in [0.2, 0.25) is 0 Å². The van der Waals surface area contributed by atoms with E-state index >= 15 is 0 Å². The fraction of sp³-hybridized carbons (Fsp3) is 0.833. The Bertz CT molecular complexity index is 326. The van der Waals surface area contributed by atoms with E-state index in [9.17, 15) is 18.4 Å². The molecule has 0 aliphatic carbocycles. The van der Waals surface area contributed by atoms with Crippen molar-refractivity contribution in [1.82, 2.24) is 4.90 Å². The Morgan fingerprint density at radius 1 is 1.39 bits per heavy atom. The van der Waals surface area contributed by atoms with Crippen molar-refractivity contribution in [1.29, 1.82) is 0 Å². The zero-order valence-electron chi connectivity index (χ0n) is 10.9. The summed E-state index contributed by atoms with van der Waals surface area (Å²) in [5.74, 6) is -4.49. The minimum atomic E-state index is -3.37. The number of amides is 1. The summed E-state index contributed by atoms with van der Waals surface area (Å²) in [5.41, 5.74) is -0.656. The number of hydrogen-bond donors (Lipinski definition) is 0. The number of piperidine rings is 1. The predicted octanol–water partition coefficient (Wildman–Crippen LogP) is 2.47. The molecule has 0 radical (unpaired) electrons. The van der Waals surface area contributed by atoms with Gasteiger partial charge in [-0.25, -0.2) is 4.79 Å². The molecule has 1 heterocycles. The summed E-state index contributed by atoms with van der Waals surface area (Å²) < 4.78 is 31.7. The number of halogens is 2. The molecule has 1 aliphatic rings. The van der Waals surface area contributed by atoms with E-state index in [1.165, 1.54) is 4.90 Å². The van der Waals surface area contributed by atoms with E-state index in [2.05, 4.69) is 0 Å². The van der Waals surface area contributed by atoms with Gasteiger partial charge in [-0.1, -0.05) is 0 Å². The molecule has 18 heavy (non-hydrogen) atoms. The first-order valence-electron chi connectivity index (χ1n) is 5.98. The molecule has 1 unspecified atom stereocenters. The van der Waals surface area contributed by atoms with Gasteiger partial charge in [0.05, 0.1) is 0 Å². The average molecular weight is 263 g/mol. The number of ether oxygens (including phenoxy) is 1. The molecule has 0 aromatic heterocycles. The maximum absolute atomic E-state index is 13.3. The fourth-order valence-corrected chi connectivity index (χ4v) is 1.88. The quantitative estimate of drug-likeness (QED) is 0.719. The standard InChI is InChI=1S/C12H19F2NO3/c1-11(2,3)18-10(17)15-6-4-5-9(7-15)12(13,14)8-16/h8-9H,4-7H2,1-3H3. The summed E-state index contributed by atoms with van der Waals surface area (Å²) >= 11 is 0. The van der Waals surface area contributed by atoms with E-state index in [1.54, 1.807) is 20.8 Å². The molecule has 104 valence electrons. The first-order valence-corrected chi connectivity index (χ1v) is 5.98. The first kappa shape index (κ1) is 14.9. The highest BCUT2D eigenvalue weighted by Crippen LogP contribution is 2.31. The lowest BCUT2D eigenvalue weighted by Crippen LogP contribution is -2.48. The molecule has 1 atom stereocenters. The monoisotopic (exact) mass is 263 g/mol. The number of alkyl halides is 2. The van der Waals surface area contributed by atoms with Crippen molar-refractivity contribution in [3.8, 4) is 0 Å². The molecular formula is C12H19F2NO3. The number of carbonyl (C=O) groups excluding carboxylic acids is 2. The van der Waals surface area contributed by atoms with Gasteiger partial charge in [-0.15, -0.1) is 0 Å². The minimum absolute atomic E-state index is 0.138. The van der Waals surface area contributed by atoms with E-state index in [0.717, 1.165) is 0 Å². The average Bonchev–Trinajstić information content (AvgIpc) is 2.27. The van der Waals surface area contributed by atoms with E-state index in [-0.39, 0.29) is 19.3 Å². The highest BCUT2D eigenvalue weighted by molar-refractivity contribution is 5.68. The van der Waals surface area contributed by atoms with Crippen molar-refractivity contribution < 1.29 is 23.1 Å². The maximum atomic E-state index is 13.3. The Morgan fingerprint density at radius 2 is 2.00 bits per heavy atom. The molecule has 1 rings (SSSR count). The summed E-state index contributed by atoms with van der Waals surface area (Å²) in [6, 6.07) is 0. The Balaban J connectivity index is 2.64. The second kappa shape index (κ2) is 5.20. The lowest BCUT2D eigenvalue weighted by molar-refractivity contribution is -0.140. The van der Waals surface area contributed by atoms with Crippen LogP contribution in [0.25, 0.3) is 0 Å². The second-order valence-electron chi connectivity index (χ2n) is 5.56. The topological polar surface area (TPSA) is 46.6 Å². The summed E-state index contributed by atoms with van der Waals surface area (Å²) in [6.45, 7) is 5.39. The lowest BCUT2D eigenvalue weighted by Gasteiger charge is -2.35. The molecule has 0 aromatic rings. The van der Waals surface area contributed by atoms with Gasteiger partial charge in [0, 0.05) is 19.0 Å². The van der Waals surface area contributed by atoms with Gasteiger partial charge in [0.1, 0.15) is 5.60 Å². The Kier molecular flexibility index (Phi) is 4.29. The molecule has 1 saturated heterocycles. The van der Waals surface area contributed by atoms with Crippen LogP contribution in [-0.2, 0) is 9.53 Å². The highest BCUT2D eigenvalue weighted by Gasteiger charge is 2.43. The number of likely N-dealkylation sites (tertiary alicyclic amines) is 1. The Labute approximate surface area is 105 Å². The molecule has 0 bridgehead atoms. The SMILES string of the molecule is CC(C)(C)OC(=O)N1CCCC(C(F)(F)C=O)C1. The van der Waals surface area contributed by atoms with Gasteiger partial charge in [-0.3, -0.25) is 4.79 Å². The summed E-state index contributed by atoms with van der Waals surface area (Å²) in [4.78, 5) is 23.3. The fourth-order valence-electron chi connectivity index (χ4n) is 1.88. The molecule has 1 fully saturated rings. The Hall–Kier alpha value is -1.20. The molecular weight excluding hydrogens is 244 g/mol. The lowest BCUT2D eigenvalue weighted by atomic mass is 9.92. The second-order valence-corrected chi connectivity index (χ2v) is 5.56. The van der Waals surface area contributed by atoms with Gasteiger partial charge in [0.15, 0.2) is 6.29 Å². The van der Waals surface area contributed by atoms with E-state index < -0.39 is 23.5 Å². The molecule has 0 N–H and O–H groups in total. The minimum Gasteiger partial charge on any atom is -0.444 e. The van der Waals surface area contributed by atoms with Crippen molar-refractivity contribution in [3.05, 3.63) is 0 Å². The summed E-state index contributed by atoms with van der Waals surface area (Å²) in [5, 5.41) is 0. The van der Waals surface area contributed by atoms with E-state index in [0.29, 0.717) is 13.0 Å². The summed E-state index contributed by atoms with van der Waals surface area (Å²) in [7, 11) is 0. The number of hydrogen-bond acceptors (Lipinski definition) is 3. The van der Waals surface area contributed by atoms with Crippen LogP contribution in [0, 0.1) is 5.92 Å². The van der Waals surface area contributed by atoms with Crippen molar-refractivity contribution in [2.24, 2.45) is 5.92 Å². The third-order valence-corrected chi connectivity index (χ3v) is 2.77. The van der Waals surface area contributed by atoms with Crippen LogP contribution in [0.3, 0.4) is 0 Å². The zero-order chi connectivity index (χ0) is 14.0. The maximum Gasteiger partial charge on any atom is 0.410 e. The van der Waals surface area contributed by atoms with Crippen LogP contribution in [0.5, 0.6) is 0 Å². The van der Waals surface area contributed by atoms with E-state index in [4.69, 9.17) is 4.74 Å². The van der Waals surface area contributed by atoms with Crippen LogP contribution >= 0.6 is 0 Å². The van der Waals surface area contributed by atoms with Crippen molar-refractivity contribution in [3.63, 3.8) is 0 Å². The first-order chi connectivity index (χ1) is 8.15. The summed E-state index contributed by atoms with van der Waals surface area (Å²) in [6.07, 6.45) is -0.247. The van der Waals surface area contributed by atoms with E-state index in [1.807, 2.05) is 0 Å². The molecule has 0 spiro atoms. The molecule has 6 heteroatoms. The number of rotatable bonds is 2. The Morgan fingerprint density at radius 3 is 2.50 bits per heavy atom. The largest absolute Gasteiger partial charge is 0.444 e. The van der Waals surface area contributed by atoms with Crippen LogP contribution in [0.2, 0.25) is 0 Å². The third kappa shape index (κ3) is 3.92. The molecule has 1 aliphatic heterocycles. The molecule has 4 nitrogen and oxygen atoms in total. The van der Waals surface area contributed by atoms with Crippen LogP contribution < -0.4 is 0 Å². The third-order valence-electron chi connectivity index (χ3n) is 2.77. The van der Waals surface area contributed by atoms with Gasteiger partial charge in [-0.05, 0) is 33.6 Å². The van der Waals surface area contributed by atoms with Gasteiger partial charge in [-0.2, -0.15) is 8.78 Å². The van der Waals surface area contributed by atoms with Gasteiger partial charge in [0.25, 0.3) is 0 Å². The van der Waals surface area contributed by atoms with Crippen LogP contribution in [0.1, 0.15) is 33.6 Å². The van der Waals surface area contributed by atoms with Gasteiger partial charge < -0.3 is 9.64 Å². The highest BCUT2D eigenvalue weighted by atomic mass is 19.3. The predicted molar refractivity (Wildman–Crippen MR) is 61.5 cm³/mol. The smallest absolute Gasteiger partial charge is 0.410 e. The van der Waals surface area contributed by atoms with Crippen molar-refractivity contribution in [2.45, 2.75) is 45.1 Å².